The quantitative estimate of drug-likeness (QED) is 0.264. The van der Waals surface area contributed by atoms with Gasteiger partial charge in [0.2, 0.25) is 0 Å². The number of carbonyl (C=O) groups is 1. The molecule has 0 bridgehead atoms. The van der Waals surface area contributed by atoms with Crippen molar-refractivity contribution in [2.24, 2.45) is 11.6 Å². The van der Waals surface area contributed by atoms with E-state index in [1.807, 2.05) is 31.3 Å². The Bertz CT molecular complexity index is 1160. The third-order valence-electron chi connectivity index (χ3n) is 6.38. The molecule has 0 spiro atoms. The predicted octanol–water partition coefficient (Wildman–Crippen LogP) is 2.05. The van der Waals surface area contributed by atoms with E-state index in [0.29, 0.717) is 49.8 Å². The summed E-state index contributed by atoms with van der Waals surface area (Å²) in [6.07, 6.45) is 4.42. The molecule has 3 rings (SSSR count). The number of nitrogens with two attached hydrogens (primary N) is 2. The zero-order valence-electron chi connectivity index (χ0n) is 22.4. The summed E-state index contributed by atoms with van der Waals surface area (Å²) >= 11 is 0. The van der Waals surface area contributed by atoms with Gasteiger partial charge in [0, 0.05) is 32.4 Å². The van der Waals surface area contributed by atoms with Crippen LogP contribution >= 0.6 is 0 Å². The molecule has 2 aromatic rings. The zero-order valence-corrected chi connectivity index (χ0v) is 22.4. The number of aryl methyl sites for hydroxylation is 2. The van der Waals surface area contributed by atoms with Crippen LogP contribution in [0.15, 0.2) is 41.0 Å². The smallest absolute Gasteiger partial charge is 0.308 e. The molecule has 10 nitrogen and oxygen atoms in total. The minimum atomic E-state index is -0.255. The monoisotopic (exact) mass is 512 g/mol. The SMILES string of the molecule is CCCc1ccc(=O)n(C/C(=C(/N)c2ccc(N3CCOC(CC(=O)OCC)C3)c(CC)n2)N(C)N)c1. The Morgan fingerprint density at radius 3 is 2.70 bits per heavy atom. The molecular weight excluding hydrogens is 472 g/mol. The average molecular weight is 513 g/mol. The Kier molecular flexibility index (Phi) is 10.1. The number of morpholine rings is 1. The molecule has 2 aromatic heterocycles. The van der Waals surface area contributed by atoms with Crippen LogP contribution in [0.2, 0.25) is 0 Å². The van der Waals surface area contributed by atoms with E-state index in [4.69, 9.17) is 26.0 Å². The number of ether oxygens (including phenoxy) is 2. The van der Waals surface area contributed by atoms with Crippen LogP contribution in [0.25, 0.3) is 5.70 Å². The van der Waals surface area contributed by atoms with Crippen molar-refractivity contribution in [1.29, 1.82) is 0 Å². The number of esters is 1. The van der Waals surface area contributed by atoms with Crippen LogP contribution in [-0.2, 0) is 33.7 Å². The number of carbonyl (C=O) groups excluding carboxylic acids is 1. The topological polar surface area (TPSA) is 129 Å². The van der Waals surface area contributed by atoms with Gasteiger partial charge in [-0.3, -0.25) is 9.59 Å². The number of anilines is 1. The van der Waals surface area contributed by atoms with Crippen molar-refractivity contribution < 1.29 is 14.3 Å². The molecule has 1 saturated heterocycles. The summed E-state index contributed by atoms with van der Waals surface area (Å²) in [7, 11) is 1.70. The molecule has 1 aliphatic rings. The van der Waals surface area contributed by atoms with Gasteiger partial charge in [-0.2, -0.15) is 0 Å². The Balaban J connectivity index is 1.88. The summed E-state index contributed by atoms with van der Waals surface area (Å²) in [6, 6.07) is 7.31. The van der Waals surface area contributed by atoms with Crippen LogP contribution in [0.5, 0.6) is 0 Å². The molecule has 1 unspecified atom stereocenters. The maximum absolute atomic E-state index is 12.5. The summed E-state index contributed by atoms with van der Waals surface area (Å²) < 4.78 is 12.5. The molecule has 37 heavy (non-hydrogen) atoms. The van der Waals surface area contributed by atoms with Crippen LogP contribution in [0.1, 0.15) is 50.6 Å². The lowest BCUT2D eigenvalue weighted by atomic mass is 10.1. The third kappa shape index (κ3) is 7.33. The average Bonchev–Trinajstić information content (AvgIpc) is 2.88. The largest absolute Gasteiger partial charge is 0.466 e. The van der Waals surface area contributed by atoms with E-state index in [2.05, 4.69) is 11.8 Å². The van der Waals surface area contributed by atoms with Crippen molar-refractivity contribution in [3.8, 4) is 0 Å². The second-order valence-corrected chi connectivity index (χ2v) is 9.19. The van der Waals surface area contributed by atoms with E-state index in [0.717, 1.165) is 29.8 Å². The predicted molar refractivity (Wildman–Crippen MR) is 145 cm³/mol. The fraction of sp³-hybridized carbons (Fsp3) is 0.519. The molecule has 202 valence electrons. The third-order valence-corrected chi connectivity index (χ3v) is 6.38. The van der Waals surface area contributed by atoms with Gasteiger partial charge in [-0.05, 0) is 37.5 Å². The van der Waals surface area contributed by atoms with Crippen molar-refractivity contribution in [2.45, 2.75) is 59.1 Å². The summed E-state index contributed by atoms with van der Waals surface area (Å²) in [5, 5.41) is 1.44. The number of likely N-dealkylation sites (N-methyl/N-ethyl adjacent to an activating group) is 1. The number of hydrogen-bond donors (Lipinski definition) is 2. The van der Waals surface area contributed by atoms with E-state index in [9.17, 15) is 9.59 Å². The van der Waals surface area contributed by atoms with Gasteiger partial charge in [0.15, 0.2) is 0 Å². The maximum Gasteiger partial charge on any atom is 0.308 e. The Hall–Kier alpha value is -3.37. The summed E-state index contributed by atoms with van der Waals surface area (Å²) in [5.41, 5.74) is 11.0. The van der Waals surface area contributed by atoms with Crippen LogP contribution in [0.4, 0.5) is 5.69 Å². The molecule has 1 atom stereocenters. The second-order valence-electron chi connectivity index (χ2n) is 9.19. The number of pyridine rings is 2. The van der Waals surface area contributed by atoms with Crippen molar-refractivity contribution in [1.82, 2.24) is 14.6 Å². The normalized spacial score (nSPS) is 16.4. The van der Waals surface area contributed by atoms with Crippen molar-refractivity contribution >= 4 is 17.4 Å². The van der Waals surface area contributed by atoms with Crippen molar-refractivity contribution in [3.05, 3.63) is 63.5 Å². The molecule has 0 aromatic carbocycles. The van der Waals surface area contributed by atoms with Gasteiger partial charge in [-0.1, -0.05) is 26.3 Å². The highest BCUT2D eigenvalue weighted by molar-refractivity contribution is 5.70. The van der Waals surface area contributed by atoms with E-state index < -0.39 is 0 Å². The fourth-order valence-electron chi connectivity index (χ4n) is 4.50. The minimum Gasteiger partial charge on any atom is -0.466 e. The number of hydrogen-bond acceptors (Lipinski definition) is 9. The van der Waals surface area contributed by atoms with Gasteiger partial charge >= 0.3 is 5.97 Å². The molecule has 0 aliphatic carbocycles. The molecule has 1 fully saturated rings. The highest BCUT2D eigenvalue weighted by atomic mass is 16.5. The van der Waals surface area contributed by atoms with Crippen molar-refractivity contribution in [3.63, 3.8) is 0 Å². The van der Waals surface area contributed by atoms with E-state index >= 15 is 0 Å². The Morgan fingerprint density at radius 1 is 1.24 bits per heavy atom. The van der Waals surface area contributed by atoms with Crippen LogP contribution < -0.4 is 22.0 Å². The van der Waals surface area contributed by atoms with Gasteiger partial charge in [0.1, 0.15) is 0 Å². The summed E-state index contributed by atoms with van der Waals surface area (Å²) in [6.45, 7) is 8.32. The second kappa shape index (κ2) is 13.3. The summed E-state index contributed by atoms with van der Waals surface area (Å²) in [4.78, 5) is 31.5. The van der Waals surface area contributed by atoms with Gasteiger partial charge in [0.05, 0.1) is 60.8 Å². The van der Waals surface area contributed by atoms with Crippen LogP contribution in [0.3, 0.4) is 0 Å². The van der Waals surface area contributed by atoms with Gasteiger partial charge in [-0.15, -0.1) is 0 Å². The first-order valence-electron chi connectivity index (χ1n) is 13.0. The Morgan fingerprint density at radius 2 is 2.03 bits per heavy atom. The van der Waals surface area contributed by atoms with Gasteiger partial charge in [0.25, 0.3) is 5.56 Å². The molecule has 0 saturated carbocycles. The zero-order chi connectivity index (χ0) is 26.9. The van der Waals surface area contributed by atoms with E-state index in [1.165, 1.54) is 5.01 Å². The molecule has 1 aliphatic heterocycles. The van der Waals surface area contributed by atoms with Crippen molar-refractivity contribution in [2.75, 3.05) is 38.3 Å². The molecule has 0 radical (unpaired) electrons. The van der Waals surface area contributed by atoms with E-state index in [-0.39, 0.29) is 30.6 Å². The lowest BCUT2D eigenvalue weighted by Crippen LogP contribution is -2.44. The summed E-state index contributed by atoms with van der Waals surface area (Å²) in [5.74, 6) is 5.90. The van der Waals surface area contributed by atoms with Crippen LogP contribution in [-0.4, -0.2) is 60.0 Å². The molecule has 0 amide bonds. The first kappa shape index (κ1) is 28.2. The lowest BCUT2D eigenvalue weighted by Gasteiger charge is -2.35. The van der Waals surface area contributed by atoms with Gasteiger partial charge in [-0.25, -0.2) is 10.8 Å². The Labute approximate surface area is 218 Å². The van der Waals surface area contributed by atoms with Gasteiger partial charge < -0.3 is 29.7 Å². The number of aromatic nitrogens is 2. The fourth-order valence-corrected chi connectivity index (χ4v) is 4.50. The van der Waals surface area contributed by atoms with E-state index in [1.54, 1.807) is 24.6 Å². The maximum atomic E-state index is 12.5. The number of hydrazine groups is 1. The minimum absolute atomic E-state index is 0.116. The van der Waals surface area contributed by atoms with Crippen LogP contribution in [0, 0.1) is 0 Å². The highest BCUT2D eigenvalue weighted by Gasteiger charge is 2.25. The number of rotatable bonds is 11. The number of allylic oxidation sites excluding steroid dienone is 1. The standard InChI is InChI=1S/C27H40N6O4/c1-5-8-19-9-12-25(34)33(16-19)18-24(31(4)29)27(28)22-10-11-23(21(6-2)30-22)32-13-14-37-20(17-32)15-26(35)36-7-3/h9-12,16,20H,5-8,13-15,17-18,28-29H2,1-4H3/b27-24-. The molecule has 4 N–H and O–H groups in total. The first-order chi connectivity index (χ1) is 17.8. The number of nitrogens with zero attached hydrogens (tertiary/aromatic N) is 4. The highest BCUT2D eigenvalue weighted by Crippen LogP contribution is 2.26. The molecular formula is C27H40N6O4. The molecule has 3 heterocycles. The lowest BCUT2D eigenvalue weighted by molar-refractivity contribution is -0.146. The first-order valence-corrected chi connectivity index (χ1v) is 13.0. The molecule has 10 heteroatoms.